The number of fused-ring (bicyclic) bond motifs is 1. The van der Waals surface area contributed by atoms with Gasteiger partial charge in [0.1, 0.15) is 5.78 Å². The Kier molecular flexibility index (Phi) is 4.16. The average Bonchev–Trinajstić information content (AvgIpc) is 2.50. The Balaban J connectivity index is 1.79. The van der Waals surface area contributed by atoms with Crippen molar-refractivity contribution in [1.82, 2.24) is 0 Å². The van der Waals surface area contributed by atoms with Crippen LogP contribution in [0.3, 0.4) is 0 Å². The van der Waals surface area contributed by atoms with E-state index in [1.807, 2.05) is 48.5 Å². The van der Waals surface area contributed by atoms with Crippen LogP contribution in [0.4, 0.5) is 0 Å². The van der Waals surface area contributed by atoms with Crippen LogP contribution in [0.5, 0.6) is 0 Å². The summed E-state index contributed by atoms with van der Waals surface area (Å²) < 4.78 is 1.03. The molecule has 1 nitrogen and oxygen atoms in total. The highest BCUT2D eigenvalue weighted by atomic mass is 79.9. The minimum Gasteiger partial charge on any atom is -0.299 e. The molecule has 0 spiro atoms. The summed E-state index contributed by atoms with van der Waals surface area (Å²) in [7, 11) is 0. The van der Waals surface area contributed by atoms with Gasteiger partial charge in [0.05, 0.1) is 0 Å². The molecule has 0 fully saturated rings. The molecular formula is C19H15BrO. The maximum Gasteiger partial charge on any atom is 0.141 e. The van der Waals surface area contributed by atoms with Gasteiger partial charge in [0.2, 0.25) is 0 Å². The highest BCUT2D eigenvalue weighted by molar-refractivity contribution is 9.10. The van der Waals surface area contributed by atoms with Gasteiger partial charge >= 0.3 is 0 Å². The van der Waals surface area contributed by atoms with E-state index < -0.39 is 0 Å². The molecular weight excluding hydrogens is 324 g/mol. The van der Waals surface area contributed by atoms with Gasteiger partial charge < -0.3 is 0 Å². The second-order valence-electron chi connectivity index (χ2n) is 5.16. The fraction of sp³-hybridized carbons (Fsp3) is 0.105. The molecule has 0 N–H and O–H groups in total. The molecule has 0 aromatic heterocycles. The summed E-state index contributed by atoms with van der Waals surface area (Å²) in [5, 5.41) is 2.36. The average molecular weight is 339 g/mol. The van der Waals surface area contributed by atoms with Crippen molar-refractivity contribution < 1.29 is 4.79 Å². The number of ketones is 1. The zero-order valence-electron chi connectivity index (χ0n) is 11.6. The van der Waals surface area contributed by atoms with E-state index in [0.717, 1.165) is 15.6 Å². The molecule has 21 heavy (non-hydrogen) atoms. The molecule has 0 aliphatic carbocycles. The normalized spacial score (nSPS) is 10.7. The third-order valence-electron chi connectivity index (χ3n) is 3.58. The molecule has 0 heterocycles. The topological polar surface area (TPSA) is 17.1 Å². The van der Waals surface area contributed by atoms with Crippen LogP contribution in [-0.2, 0) is 17.6 Å². The number of benzene rings is 3. The van der Waals surface area contributed by atoms with E-state index in [2.05, 4.69) is 34.1 Å². The fourth-order valence-electron chi connectivity index (χ4n) is 2.55. The number of carbonyl (C=O) groups excluding carboxylic acids is 1. The van der Waals surface area contributed by atoms with Gasteiger partial charge in [-0.15, -0.1) is 0 Å². The third kappa shape index (κ3) is 3.40. The standard InChI is InChI=1S/C19H15BrO/c20-17-10-8-14(9-11-17)12-18(21)13-16-6-3-5-15-4-1-2-7-19(15)16/h1-11H,12-13H2. The molecule has 0 unspecified atom stereocenters. The highest BCUT2D eigenvalue weighted by Gasteiger charge is 2.08. The lowest BCUT2D eigenvalue weighted by atomic mass is 9.98. The Labute approximate surface area is 132 Å². The van der Waals surface area contributed by atoms with Crippen molar-refractivity contribution in [3.8, 4) is 0 Å². The molecule has 0 aliphatic heterocycles. The predicted octanol–water partition coefficient (Wildman–Crippen LogP) is 4.96. The number of Topliss-reactive ketones (excluding diaryl/α,β-unsaturated/α-hetero) is 1. The lowest BCUT2D eigenvalue weighted by molar-refractivity contribution is -0.117. The zero-order chi connectivity index (χ0) is 14.7. The largest absolute Gasteiger partial charge is 0.299 e. The number of carbonyl (C=O) groups is 1. The van der Waals surface area contributed by atoms with Crippen LogP contribution in [0.15, 0.2) is 71.2 Å². The van der Waals surface area contributed by atoms with Crippen LogP contribution < -0.4 is 0 Å². The molecule has 0 bridgehead atoms. The van der Waals surface area contributed by atoms with Gasteiger partial charge in [0.25, 0.3) is 0 Å². The molecule has 3 aromatic rings. The van der Waals surface area contributed by atoms with Crippen LogP contribution >= 0.6 is 15.9 Å². The van der Waals surface area contributed by atoms with Gasteiger partial charge in [-0.25, -0.2) is 0 Å². The first-order chi connectivity index (χ1) is 10.2. The Hall–Kier alpha value is -1.93. The van der Waals surface area contributed by atoms with E-state index in [-0.39, 0.29) is 5.78 Å². The maximum absolute atomic E-state index is 12.3. The highest BCUT2D eigenvalue weighted by Crippen LogP contribution is 2.20. The number of halogens is 1. The minimum atomic E-state index is 0.244. The Morgan fingerprint density at radius 3 is 2.33 bits per heavy atom. The van der Waals surface area contributed by atoms with E-state index in [9.17, 15) is 4.79 Å². The number of hydrogen-bond acceptors (Lipinski definition) is 1. The molecule has 0 radical (unpaired) electrons. The van der Waals surface area contributed by atoms with Gasteiger partial charge in [-0.1, -0.05) is 70.5 Å². The van der Waals surface area contributed by atoms with E-state index >= 15 is 0 Å². The summed E-state index contributed by atoms with van der Waals surface area (Å²) >= 11 is 3.41. The lowest BCUT2D eigenvalue weighted by Gasteiger charge is -2.06. The Morgan fingerprint density at radius 2 is 1.52 bits per heavy atom. The first-order valence-corrected chi connectivity index (χ1v) is 7.74. The summed E-state index contributed by atoms with van der Waals surface area (Å²) in [6.45, 7) is 0. The van der Waals surface area contributed by atoms with Gasteiger partial charge in [-0.05, 0) is 34.0 Å². The smallest absolute Gasteiger partial charge is 0.141 e. The zero-order valence-corrected chi connectivity index (χ0v) is 13.1. The molecule has 0 saturated carbocycles. The van der Waals surface area contributed by atoms with E-state index in [1.165, 1.54) is 10.8 Å². The van der Waals surface area contributed by atoms with Gasteiger partial charge in [0, 0.05) is 17.3 Å². The van der Waals surface area contributed by atoms with Crippen molar-refractivity contribution in [3.63, 3.8) is 0 Å². The number of hydrogen-bond donors (Lipinski definition) is 0. The molecule has 104 valence electrons. The summed E-state index contributed by atoms with van der Waals surface area (Å²) in [6, 6.07) is 22.3. The summed E-state index contributed by atoms with van der Waals surface area (Å²) in [6.07, 6.45) is 0.966. The molecule has 3 aromatic carbocycles. The third-order valence-corrected chi connectivity index (χ3v) is 4.11. The summed E-state index contributed by atoms with van der Waals surface area (Å²) in [4.78, 5) is 12.3. The minimum absolute atomic E-state index is 0.244. The Bertz CT molecular complexity index is 770. The van der Waals surface area contributed by atoms with Gasteiger partial charge in [-0.3, -0.25) is 4.79 Å². The first-order valence-electron chi connectivity index (χ1n) is 6.95. The molecule has 3 rings (SSSR count). The summed E-state index contributed by atoms with van der Waals surface area (Å²) in [5.41, 5.74) is 2.17. The Morgan fingerprint density at radius 1 is 0.810 bits per heavy atom. The van der Waals surface area contributed by atoms with Crippen LogP contribution in [0.2, 0.25) is 0 Å². The van der Waals surface area contributed by atoms with Crippen LogP contribution in [-0.4, -0.2) is 5.78 Å². The predicted molar refractivity (Wildman–Crippen MR) is 90.5 cm³/mol. The monoisotopic (exact) mass is 338 g/mol. The van der Waals surface area contributed by atoms with Crippen molar-refractivity contribution in [3.05, 3.63) is 82.3 Å². The van der Waals surface area contributed by atoms with E-state index in [1.54, 1.807) is 0 Å². The van der Waals surface area contributed by atoms with Gasteiger partial charge in [-0.2, -0.15) is 0 Å². The molecule has 0 amide bonds. The SMILES string of the molecule is O=C(Cc1ccc(Br)cc1)Cc1cccc2ccccc12. The van der Waals surface area contributed by atoms with Crippen molar-refractivity contribution in [2.45, 2.75) is 12.8 Å². The maximum atomic E-state index is 12.3. The first kappa shape index (κ1) is 14.0. The molecule has 0 aliphatic rings. The van der Waals surface area contributed by atoms with Crippen molar-refractivity contribution in [2.24, 2.45) is 0 Å². The van der Waals surface area contributed by atoms with Crippen molar-refractivity contribution >= 4 is 32.5 Å². The molecule has 0 atom stereocenters. The second kappa shape index (κ2) is 6.23. The lowest BCUT2D eigenvalue weighted by Crippen LogP contribution is -2.06. The quantitative estimate of drug-likeness (QED) is 0.657. The van der Waals surface area contributed by atoms with Crippen LogP contribution in [0, 0.1) is 0 Å². The second-order valence-corrected chi connectivity index (χ2v) is 6.07. The van der Waals surface area contributed by atoms with E-state index in [4.69, 9.17) is 0 Å². The molecule has 2 heteroatoms. The van der Waals surface area contributed by atoms with Crippen LogP contribution in [0.25, 0.3) is 10.8 Å². The van der Waals surface area contributed by atoms with Crippen molar-refractivity contribution in [2.75, 3.05) is 0 Å². The molecule has 0 saturated heterocycles. The summed E-state index contributed by atoms with van der Waals surface area (Å²) in [5.74, 6) is 0.244. The van der Waals surface area contributed by atoms with Crippen LogP contribution in [0.1, 0.15) is 11.1 Å². The van der Waals surface area contributed by atoms with E-state index in [0.29, 0.717) is 12.8 Å². The van der Waals surface area contributed by atoms with Crippen molar-refractivity contribution in [1.29, 1.82) is 0 Å². The van der Waals surface area contributed by atoms with Gasteiger partial charge in [0.15, 0.2) is 0 Å². The fourth-order valence-corrected chi connectivity index (χ4v) is 2.82. The number of rotatable bonds is 4.